The molecule has 2 heterocycles. The fourth-order valence-electron chi connectivity index (χ4n) is 13.8. The Morgan fingerprint density at radius 2 is 0.488 bits per heavy atom. The summed E-state index contributed by atoms with van der Waals surface area (Å²) in [6.45, 7) is 0. The molecule has 0 saturated heterocycles. The summed E-state index contributed by atoms with van der Waals surface area (Å²) in [6, 6.07) is 128. The van der Waals surface area contributed by atoms with Crippen LogP contribution in [-0.2, 0) is 0 Å². The molecule has 0 aliphatic heterocycles. The van der Waals surface area contributed by atoms with Crippen LogP contribution in [0.4, 0.5) is 0 Å². The zero-order valence-electron chi connectivity index (χ0n) is 45.2. The molecule has 2 aromatic heterocycles. The Bertz CT molecular complexity index is 4350. The van der Waals surface area contributed by atoms with Crippen molar-refractivity contribution in [1.82, 2.24) is 9.13 Å². The maximum atomic E-state index is 2.59. The summed E-state index contributed by atoms with van der Waals surface area (Å²) in [6.07, 6.45) is 0. The zero-order chi connectivity index (χ0) is 54.5. The first kappa shape index (κ1) is 49.6. The minimum absolute atomic E-state index is 1.14. The molecule has 13 aromatic carbocycles. The summed E-state index contributed by atoms with van der Waals surface area (Å²) in [5, 5.41) is 4.92. The molecular formula is C78H56Ge2N2. The van der Waals surface area contributed by atoms with Gasteiger partial charge in [0.05, 0.1) is 0 Å². The van der Waals surface area contributed by atoms with Gasteiger partial charge in [0, 0.05) is 10.8 Å². The molecule has 0 aliphatic carbocycles. The predicted octanol–water partition coefficient (Wildman–Crippen LogP) is 14.0. The van der Waals surface area contributed by atoms with E-state index in [-0.39, 0.29) is 0 Å². The summed E-state index contributed by atoms with van der Waals surface area (Å²) < 4.78 is 16.2. The van der Waals surface area contributed by atoms with Crippen LogP contribution in [0.5, 0.6) is 0 Å². The van der Waals surface area contributed by atoms with Crippen molar-refractivity contribution < 1.29 is 0 Å². The van der Waals surface area contributed by atoms with Crippen LogP contribution in [0.25, 0.3) is 77.2 Å². The Morgan fingerprint density at radius 3 is 0.866 bits per heavy atom. The molecule has 0 spiro atoms. The van der Waals surface area contributed by atoms with Crippen LogP contribution in [0.3, 0.4) is 0 Å². The van der Waals surface area contributed by atoms with Crippen LogP contribution in [0.1, 0.15) is 0 Å². The fraction of sp³-hybridized carbons (Fsp3) is 0. The van der Waals surface area contributed by atoms with E-state index in [4.69, 9.17) is 0 Å². The molecular weight excluding hydrogens is 1110 g/mol. The van der Waals surface area contributed by atoms with Gasteiger partial charge in [-0.05, 0) is 12.1 Å². The number of benzene rings is 13. The Balaban J connectivity index is 1.03. The maximum absolute atomic E-state index is 3.71. The summed E-state index contributed by atoms with van der Waals surface area (Å²) in [5.41, 5.74) is 11.7. The number of hydrogen-bond donors (Lipinski definition) is 0. The van der Waals surface area contributed by atoms with E-state index in [1.54, 1.807) is 0 Å². The first-order chi connectivity index (χ1) is 40.7. The predicted molar refractivity (Wildman–Crippen MR) is 353 cm³/mol. The van der Waals surface area contributed by atoms with E-state index >= 15 is 0 Å². The third-order valence-corrected chi connectivity index (χ3v) is 37.2. The third kappa shape index (κ3) is 8.00. The molecule has 386 valence electrons. The van der Waals surface area contributed by atoms with E-state index in [0.717, 1.165) is 22.4 Å². The molecule has 0 fully saturated rings. The van der Waals surface area contributed by atoms with Crippen molar-refractivity contribution in [1.29, 1.82) is 0 Å². The second-order valence-corrected chi connectivity index (χ2v) is 37.5. The van der Waals surface area contributed by atoms with Gasteiger partial charge in [0.15, 0.2) is 0 Å². The van der Waals surface area contributed by atoms with Gasteiger partial charge >= 0.3 is 428 Å². The van der Waals surface area contributed by atoms with Gasteiger partial charge in [0.25, 0.3) is 0 Å². The second kappa shape index (κ2) is 20.9. The fourth-order valence-corrected chi connectivity index (χ4v) is 33.9. The van der Waals surface area contributed by atoms with Crippen molar-refractivity contribution in [3.63, 3.8) is 0 Å². The monoisotopic (exact) mass is 1170 g/mol. The molecule has 0 aliphatic rings. The Kier molecular flexibility index (Phi) is 12.6. The van der Waals surface area contributed by atoms with Gasteiger partial charge in [-0.1, -0.05) is 36.4 Å². The van der Waals surface area contributed by atoms with Crippen molar-refractivity contribution in [3.05, 3.63) is 340 Å². The van der Waals surface area contributed by atoms with Gasteiger partial charge in [-0.3, -0.25) is 0 Å². The molecule has 0 radical (unpaired) electrons. The van der Waals surface area contributed by atoms with Gasteiger partial charge < -0.3 is 0 Å². The minimum atomic E-state index is -3.71. The second-order valence-electron chi connectivity index (χ2n) is 21.5. The Labute approximate surface area is 484 Å². The van der Waals surface area contributed by atoms with Gasteiger partial charge in [0.1, 0.15) is 0 Å². The number of para-hydroxylation sites is 4. The van der Waals surface area contributed by atoms with Crippen LogP contribution < -0.4 is 35.2 Å². The first-order valence-corrected chi connectivity index (χ1v) is 36.8. The SMILES string of the molecule is c1cc[c]([Ge]([c]2ccccc2)([c]2ccccc2)[c]2cccc(-c3cccc(-c4ccc[c]([Ge]([c]5ccccc5)([c]5ccccc5)[c]5ccccc5)c4)c3-n3c4ccccc4c4cc(-n5c6ccccc6c6ccccc65)ccc43)c2)cc1. The van der Waals surface area contributed by atoms with E-state index < -0.39 is 26.5 Å². The molecule has 15 aromatic rings. The third-order valence-electron chi connectivity index (χ3n) is 17.2. The van der Waals surface area contributed by atoms with Crippen LogP contribution in [0.15, 0.2) is 340 Å². The van der Waals surface area contributed by atoms with Gasteiger partial charge in [-0.15, -0.1) is 0 Å². The number of fused-ring (bicyclic) bond motifs is 6. The molecule has 0 unspecified atom stereocenters. The summed E-state index contributed by atoms with van der Waals surface area (Å²) in [5.74, 6) is 0. The van der Waals surface area contributed by atoms with E-state index in [9.17, 15) is 0 Å². The van der Waals surface area contributed by atoms with Crippen LogP contribution >= 0.6 is 0 Å². The Hall–Kier alpha value is -9.45. The van der Waals surface area contributed by atoms with E-state index in [0.29, 0.717) is 0 Å². The number of rotatable bonds is 12. The molecule has 0 saturated carbocycles. The standard InChI is InChI=1S/C78H56Ge2N2/c1-7-30-59(31-8-1)79(60-32-9-2-10-33-60,61-34-11-3-12-35-61)65-42-25-28-57(54-65)68-47-27-48-69(58-29-26-43-66(55-58)80(62-36-13-4-14-37-62,63-38-15-5-16-39-63)64-40-17-6-18-41-64)78(68)82-76-51-24-21-46-72(76)73-56-67(52-53-77(73)82)81-74-49-22-19-44-70(74)71-45-20-23-50-75(71)81/h1-56H. The molecule has 0 atom stereocenters. The van der Waals surface area contributed by atoms with Crippen LogP contribution in [-0.4, -0.2) is 35.7 Å². The van der Waals surface area contributed by atoms with E-state index in [2.05, 4.69) is 349 Å². The number of nitrogens with zero attached hydrogens (tertiary/aromatic N) is 2. The van der Waals surface area contributed by atoms with E-state index in [1.165, 1.54) is 90.0 Å². The summed E-state index contributed by atoms with van der Waals surface area (Å²) in [4.78, 5) is 0. The summed E-state index contributed by atoms with van der Waals surface area (Å²) >= 11 is -7.42. The topological polar surface area (TPSA) is 9.86 Å². The number of hydrogen-bond acceptors (Lipinski definition) is 0. The van der Waals surface area contributed by atoms with Crippen molar-refractivity contribution >= 4 is 105 Å². The van der Waals surface area contributed by atoms with Crippen LogP contribution in [0.2, 0.25) is 0 Å². The molecule has 15 rings (SSSR count). The molecule has 4 heteroatoms. The van der Waals surface area contributed by atoms with Gasteiger partial charge in [-0.2, -0.15) is 0 Å². The first-order valence-electron chi connectivity index (χ1n) is 28.4. The average Bonchev–Trinajstić information content (AvgIpc) is 4.27. The summed E-state index contributed by atoms with van der Waals surface area (Å²) in [7, 11) is 0. The zero-order valence-corrected chi connectivity index (χ0v) is 49.4. The van der Waals surface area contributed by atoms with Crippen LogP contribution in [0, 0.1) is 0 Å². The normalized spacial score (nSPS) is 11.9. The molecule has 0 bridgehead atoms. The molecule has 82 heavy (non-hydrogen) atoms. The van der Waals surface area contributed by atoms with Crippen molar-refractivity contribution in [2.24, 2.45) is 0 Å². The molecule has 2 nitrogen and oxygen atoms in total. The number of aromatic nitrogens is 2. The van der Waals surface area contributed by atoms with Gasteiger partial charge in [-0.25, -0.2) is 0 Å². The van der Waals surface area contributed by atoms with E-state index in [1.807, 2.05) is 0 Å². The van der Waals surface area contributed by atoms with Gasteiger partial charge in [0.2, 0.25) is 0 Å². The molecule has 0 amide bonds. The van der Waals surface area contributed by atoms with Crippen molar-refractivity contribution in [2.45, 2.75) is 0 Å². The van der Waals surface area contributed by atoms with Crippen molar-refractivity contribution in [2.75, 3.05) is 0 Å². The quantitative estimate of drug-likeness (QED) is 0.108. The molecule has 0 N–H and O–H groups in total. The van der Waals surface area contributed by atoms with Crippen molar-refractivity contribution in [3.8, 4) is 33.6 Å². The Morgan fingerprint density at radius 1 is 0.195 bits per heavy atom. The average molecular weight is 1170 g/mol.